The van der Waals surface area contributed by atoms with Crippen LogP contribution >= 0.6 is 0 Å². The van der Waals surface area contributed by atoms with Crippen molar-refractivity contribution < 1.29 is 31.9 Å². The summed E-state index contributed by atoms with van der Waals surface area (Å²) in [6.07, 6.45) is 0. The predicted molar refractivity (Wildman–Crippen MR) is 121 cm³/mol. The number of hydrogen-bond acceptors (Lipinski definition) is 9. The van der Waals surface area contributed by atoms with Crippen molar-refractivity contribution in [2.45, 2.75) is 19.6 Å². The van der Waals surface area contributed by atoms with Gasteiger partial charge in [0.1, 0.15) is 0 Å². The van der Waals surface area contributed by atoms with Gasteiger partial charge in [0.2, 0.25) is 5.69 Å². The van der Waals surface area contributed by atoms with Crippen LogP contribution in [0, 0.1) is 5.21 Å². The summed E-state index contributed by atoms with van der Waals surface area (Å²) in [7, 11) is 0. The van der Waals surface area contributed by atoms with Gasteiger partial charge >= 0.3 is 22.4 Å². The maximum atomic E-state index is 11.1. The molecule has 0 spiro atoms. The van der Waals surface area contributed by atoms with E-state index in [1.54, 1.807) is 0 Å². The van der Waals surface area contributed by atoms with E-state index in [0.717, 1.165) is 75.2 Å². The van der Waals surface area contributed by atoms with Crippen LogP contribution in [0.1, 0.15) is 19.5 Å². The van der Waals surface area contributed by atoms with E-state index in [1.807, 2.05) is 30.3 Å². The fraction of sp³-hybridized carbons (Fsp3) is 0.579. The summed E-state index contributed by atoms with van der Waals surface area (Å²) in [5.74, 6) is 1.82. The van der Waals surface area contributed by atoms with E-state index in [0.29, 0.717) is 16.3 Å². The van der Waals surface area contributed by atoms with E-state index in [9.17, 15) is 5.21 Å². The second-order valence-electron chi connectivity index (χ2n) is 6.01. The molecule has 0 atom stereocenters. The van der Waals surface area contributed by atoms with Gasteiger partial charge in [0, 0.05) is 23.8 Å². The van der Waals surface area contributed by atoms with Crippen molar-refractivity contribution in [1.82, 2.24) is 15.0 Å². The van der Waals surface area contributed by atoms with Gasteiger partial charge in [-0.25, -0.2) is 0 Å². The molecule has 1 aromatic carbocycles. The van der Waals surface area contributed by atoms with E-state index in [1.165, 1.54) is 0 Å². The second kappa shape index (κ2) is 19.3. The van der Waals surface area contributed by atoms with Crippen LogP contribution in [-0.2, 0) is 66.0 Å². The minimum atomic E-state index is 0.192. The van der Waals surface area contributed by atoms with E-state index in [2.05, 4.69) is 33.4 Å². The normalized spacial score (nSPS) is 10.3. The summed E-state index contributed by atoms with van der Waals surface area (Å²) in [6, 6.07) is 9.33. The molecule has 0 aliphatic rings. The third kappa shape index (κ3) is 11.3. The van der Waals surface area contributed by atoms with E-state index < -0.39 is 0 Å². The topological polar surface area (TPSA) is 76.5 Å². The van der Waals surface area contributed by atoms with Crippen LogP contribution in [0.25, 0.3) is 11.3 Å². The average Bonchev–Trinajstić information content (AvgIpc) is 3.17. The summed E-state index contributed by atoms with van der Waals surface area (Å²) in [4.78, 5) is 5.16. The van der Waals surface area contributed by atoms with Crippen molar-refractivity contribution in [1.29, 1.82) is 0 Å². The Hall–Kier alpha value is -0.421. The van der Waals surface area contributed by atoms with Gasteiger partial charge in [-0.15, -0.1) is 5.75 Å². The zero-order valence-electron chi connectivity index (χ0n) is 17.4. The molecular weight excluding hydrogens is 527 g/mol. The van der Waals surface area contributed by atoms with E-state index >= 15 is 0 Å². The second-order valence-corrected chi connectivity index (χ2v) is 7.12. The summed E-state index contributed by atoms with van der Waals surface area (Å²) in [5, 5.41) is 14.7. The van der Waals surface area contributed by atoms with Crippen molar-refractivity contribution in [3.8, 4) is 11.3 Å². The molecular formula is C19H29N4O3S3Tc. The predicted octanol–water partition coefficient (Wildman–Crippen LogP) is 1.62. The van der Waals surface area contributed by atoms with Crippen LogP contribution in [0.5, 0.6) is 0 Å². The first kappa shape index (κ1) is 29.6. The summed E-state index contributed by atoms with van der Waals surface area (Å²) in [6.45, 7) is 10.9. The summed E-state index contributed by atoms with van der Waals surface area (Å²) in [5.41, 5.74) is 1.74. The molecule has 0 aliphatic heterocycles. The number of benzene rings is 1. The molecule has 0 saturated carbocycles. The molecule has 168 valence electrons. The maximum absolute atomic E-state index is 11.1. The molecule has 2 rings (SSSR count). The molecule has 0 N–H and O–H groups in total. The van der Waals surface area contributed by atoms with E-state index in [4.69, 9.17) is 41.4 Å². The van der Waals surface area contributed by atoms with Gasteiger partial charge in [-0.3, -0.25) is 4.63 Å². The zero-order valence-corrected chi connectivity index (χ0v) is 21.7. The molecule has 0 bridgehead atoms. The van der Waals surface area contributed by atoms with Crippen LogP contribution in [0.3, 0.4) is 0 Å². The molecule has 1 heterocycles. The summed E-state index contributed by atoms with van der Waals surface area (Å²) < 4.78 is 12.7. The van der Waals surface area contributed by atoms with Gasteiger partial charge in [-0.05, 0) is 31.1 Å². The third-order valence-electron chi connectivity index (χ3n) is 4.33. The van der Waals surface area contributed by atoms with Gasteiger partial charge in [0.25, 0.3) is 0 Å². The van der Waals surface area contributed by atoms with Crippen LogP contribution in [-0.4, -0.2) is 65.7 Å². The van der Waals surface area contributed by atoms with Gasteiger partial charge in [-0.1, -0.05) is 44.2 Å². The molecule has 2 aromatic rings. The Balaban J connectivity index is 0.000000518. The molecule has 0 unspecified atom stereocenters. The molecule has 0 saturated heterocycles. The van der Waals surface area contributed by atoms with Gasteiger partial charge in [-0.2, -0.15) is 11.5 Å². The Morgan fingerprint density at radius 3 is 1.97 bits per heavy atom. The van der Waals surface area contributed by atoms with Crippen LogP contribution in [0.2, 0.25) is 0 Å². The quantitative estimate of drug-likeness (QED) is 0.303. The minimum absolute atomic E-state index is 0.192. The first-order valence-electron chi connectivity index (χ1n) is 9.59. The molecule has 0 amide bonds. The third-order valence-corrected chi connectivity index (χ3v) is 4.96. The average molecular weight is 557 g/mol. The first-order valence-corrected chi connectivity index (χ1v) is 12.1. The molecule has 7 nitrogen and oxygen atoms in total. The molecule has 11 heteroatoms. The van der Waals surface area contributed by atoms with Crippen molar-refractivity contribution in [3.05, 3.63) is 41.2 Å². The number of likely N-dealkylation sites (N-methyl/N-ethyl adjacent to an activating group) is 1. The van der Waals surface area contributed by atoms with Crippen molar-refractivity contribution in [2.75, 3.05) is 50.8 Å². The molecule has 0 radical (unpaired) electrons. The summed E-state index contributed by atoms with van der Waals surface area (Å²) >= 11 is 15.7. The van der Waals surface area contributed by atoms with Gasteiger partial charge in [0.15, 0.2) is 5.69 Å². The monoisotopic (exact) mass is 556 g/mol. The number of nitrogens with zero attached hydrogens (tertiary/aromatic N) is 4. The van der Waals surface area contributed by atoms with Gasteiger partial charge < -0.3 is 52.9 Å². The van der Waals surface area contributed by atoms with Gasteiger partial charge in [0.05, 0.1) is 0 Å². The first-order chi connectivity index (χ1) is 14.6. The molecule has 0 fully saturated rings. The Morgan fingerprint density at radius 1 is 0.967 bits per heavy atom. The fourth-order valence-corrected chi connectivity index (χ4v) is 3.38. The molecule has 30 heavy (non-hydrogen) atoms. The van der Waals surface area contributed by atoms with Crippen molar-refractivity contribution in [3.63, 3.8) is 0 Å². The van der Waals surface area contributed by atoms with Crippen LogP contribution in [0.15, 0.2) is 35.0 Å². The zero-order chi connectivity index (χ0) is 22.8. The number of hydrogen-bond donors (Lipinski definition) is 0. The SMILES string of the molecule is CCN(CC)CCN(CC[S-])CC[S-].[O-][n+]1onc(-c2ccccc2)c1C[S-].[O]=[99Tc+3]. The van der Waals surface area contributed by atoms with Crippen LogP contribution in [0.4, 0.5) is 0 Å². The van der Waals surface area contributed by atoms with Crippen molar-refractivity contribution >= 4 is 37.9 Å². The Labute approximate surface area is 206 Å². The number of rotatable bonds is 11. The molecule has 0 aliphatic carbocycles. The van der Waals surface area contributed by atoms with Crippen molar-refractivity contribution in [2.24, 2.45) is 0 Å². The Bertz CT molecular complexity index is 658. The standard InChI is InChI=1S/C10H24N2S2.C9H8N2O2S.O.Tc/c1-3-11(4-2)5-6-12(7-9-13)8-10-14;12-11-8(6-14)9(10-13-11)7-4-2-1-3-5-7;;/h13-14H,3-10H2,1-2H3;1-5,14H,6H2;;/q;;;+3/p-3/i;;;1+1. The Kier molecular flexibility index (Phi) is 19.0. The molecule has 1 aromatic heterocycles. The van der Waals surface area contributed by atoms with E-state index in [-0.39, 0.29) is 5.75 Å². The Morgan fingerprint density at radius 2 is 1.50 bits per heavy atom. The fourth-order valence-electron chi connectivity index (χ4n) is 2.62. The number of aromatic nitrogens is 2. The van der Waals surface area contributed by atoms with Crippen LogP contribution < -0.4 is 4.90 Å².